The number of fused-ring (bicyclic) bond motifs is 1. The van der Waals surface area contributed by atoms with Crippen molar-refractivity contribution in [2.75, 3.05) is 19.9 Å². The first-order valence-corrected chi connectivity index (χ1v) is 10.4. The first-order valence-electron chi connectivity index (χ1n) is 10.0. The lowest BCUT2D eigenvalue weighted by atomic mass is 9.88. The Morgan fingerprint density at radius 3 is 2.73 bits per heavy atom. The Balaban J connectivity index is 1.33. The minimum atomic E-state index is -0.871. The zero-order valence-corrected chi connectivity index (χ0v) is 17.2. The molecule has 3 amide bonds. The van der Waals surface area contributed by atoms with Crippen LogP contribution in [0.3, 0.4) is 0 Å². The number of amides is 3. The Morgan fingerprint density at radius 1 is 1.07 bits per heavy atom. The topological polar surface area (TPSA) is 71.1 Å². The SMILES string of the molecule is O=C1NC2(CCCN(Cc3ccccc3)C2)C(=O)N1Cc1cc(Cl)c2c(c1)OCO2. The lowest BCUT2D eigenvalue weighted by molar-refractivity contribution is -0.133. The Labute approximate surface area is 179 Å². The average Bonchev–Trinajstić information content (AvgIpc) is 3.29. The number of hydrogen-bond donors (Lipinski definition) is 1. The predicted octanol–water partition coefficient (Wildman–Crippen LogP) is 3.16. The molecule has 2 saturated heterocycles. The van der Waals surface area contributed by atoms with Crippen LogP contribution in [0.15, 0.2) is 42.5 Å². The maximum atomic E-state index is 13.3. The van der Waals surface area contributed by atoms with Crippen LogP contribution in [0.25, 0.3) is 0 Å². The van der Waals surface area contributed by atoms with Crippen LogP contribution < -0.4 is 14.8 Å². The van der Waals surface area contributed by atoms with Crippen LogP contribution in [0, 0.1) is 0 Å². The highest BCUT2D eigenvalue weighted by molar-refractivity contribution is 6.32. The lowest BCUT2D eigenvalue weighted by Gasteiger charge is -2.38. The Kier molecular flexibility index (Phi) is 4.79. The molecule has 3 aliphatic rings. The largest absolute Gasteiger partial charge is 0.454 e. The molecular weight excluding hydrogens is 406 g/mol. The summed E-state index contributed by atoms with van der Waals surface area (Å²) in [7, 11) is 0. The predicted molar refractivity (Wildman–Crippen MR) is 110 cm³/mol. The van der Waals surface area contributed by atoms with Gasteiger partial charge in [-0.25, -0.2) is 4.79 Å². The Morgan fingerprint density at radius 2 is 1.90 bits per heavy atom. The van der Waals surface area contributed by atoms with Crippen molar-refractivity contribution in [1.29, 1.82) is 0 Å². The number of halogens is 1. The summed E-state index contributed by atoms with van der Waals surface area (Å²) >= 11 is 6.26. The fourth-order valence-corrected chi connectivity index (χ4v) is 4.80. The average molecular weight is 428 g/mol. The van der Waals surface area contributed by atoms with E-state index in [4.69, 9.17) is 21.1 Å². The van der Waals surface area contributed by atoms with E-state index in [2.05, 4.69) is 22.3 Å². The van der Waals surface area contributed by atoms with Gasteiger partial charge in [-0.2, -0.15) is 0 Å². The van der Waals surface area contributed by atoms with E-state index in [1.807, 2.05) is 18.2 Å². The first-order chi connectivity index (χ1) is 14.5. The molecule has 8 heteroatoms. The van der Waals surface area contributed by atoms with Crippen molar-refractivity contribution >= 4 is 23.5 Å². The highest BCUT2D eigenvalue weighted by Crippen LogP contribution is 2.40. The number of ether oxygens (including phenoxy) is 2. The molecule has 0 radical (unpaired) electrons. The van der Waals surface area contributed by atoms with Crippen molar-refractivity contribution in [1.82, 2.24) is 15.1 Å². The number of urea groups is 1. The summed E-state index contributed by atoms with van der Waals surface area (Å²) in [4.78, 5) is 29.6. The first kappa shape index (κ1) is 19.2. The second kappa shape index (κ2) is 7.49. The number of carbonyl (C=O) groups excluding carboxylic acids is 2. The van der Waals surface area contributed by atoms with Gasteiger partial charge in [0.2, 0.25) is 6.79 Å². The summed E-state index contributed by atoms with van der Waals surface area (Å²) in [6.45, 7) is 2.41. The van der Waals surface area contributed by atoms with Gasteiger partial charge in [0, 0.05) is 13.1 Å². The van der Waals surface area contributed by atoms with E-state index < -0.39 is 5.54 Å². The Bertz CT molecular complexity index is 999. The number of carbonyl (C=O) groups is 2. The number of benzene rings is 2. The van der Waals surface area contributed by atoms with Gasteiger partial charge in [-0.1, -0.05) is 41.9 Å². The summed E-state index contributed by atoms with van der Waals surface area (Å²) in [5.41, 5.74) is 1.05. The molecule has 156 valence electrons. The molecule has 1 spiro atoms. The van der Waals surface area contributed by atoms with Crippen LogP contribution >= 0.6 is 11.6 Å². The molecule has 0 aromatic heterocycles. The van der Waals surface area contributed by atoms with E-state index in [9.17, 15) is 9.59 Å². The highest BCUT2D eigenvalue weighted by atomic mass is 35.5. The van der Waals surface area contributed by atoms with Crippen LogP contribution in [-0.4, -0.2) is 47.2 Å². The van der Waals surface area contributed by atoms with Crippen LogP contribution in [0.2, 0.25) is 5.02 Å². The van der Waals surface area contributed by atoms with Gasteiger partial charge in [-0.15, -0.1) is 0 Å². The van der Waals surface area contributed by atoms with Crippen LogP contribution in [-0.2, 0) is 17.9 Å². The van der Waals surface area contributed by atoms with Gasteiger partial charge in [0.05, 0.1) is 11.6 Å². The van der Waals surface area contributed by atoms with E-state index in [0.29, 0.717) is 29.5 Å². The molecule has 2 fully saturated rings. The quantitative estimate of drug-likeness (QED) is 0.759. The van der Waals surface area contributed by atoms with Gasteiger partial charge >= 0.3 is 6.03 Å². The third-order valence-electron chi connectivity index (χ3n) is 5.89. The molecule has 2 aromatic rings. The number of piperidine rings is 1. The molecule has 1 atom stereocenters. The van der Waals surface area contributed by atoms with Gasteiger partial charge in [0.1, 0.15) is 5.54 Å². The highest BCUT2D eigenvalue weighted by Gasteiger charge is 2.52. The van der Waals surface area contributed by atoms with Crippen molar-refractivity contribution in [3.05, 3.63) is 58.6 Å². The minimum absolute atomic E-state index is 0.113. The molecule has 1 unspecified atom stereocenters. The van der Waals surface area contributed by atoms with Gasteiger partial charge in [0.15, 0.2) is 11.5 Å². The van der Waals surface area contributed by atoms with E-state index in [-0.39, 0.29) is 25.3 Å². The normalized spacial score (nSPS) is 23.3. The zero-order valence-electron chi connectivity index (χ0n) is 16.4. The second-order valence-corrected chi connectivity index (χ2v) is 8.42. The second-order valence-electron chi connectivity index (χ2n) is 8.01. The fourth-order valence-electron chi connectivity index (χ4n) is 4.51. The maximum absolute atomic E-state index is 13.3. The summed E-state index contributed by atoms with van der Waals surface area (Å²) in [5, 5.41) is 3.39. The molecule has 5 rings (SSSR count). The smallest absolute Gasteiger partial charge is 0.325 e. The van der Waals surface area contributed by atoms with Crippen molar-refractivity contribution in [3.8, 4) is 11.5 Å². The zero-order chi connectivity index (χ0) is 20.7. The molecule has 30 heavy (non-hydrogen) atoms. The molecule has 3 heterocycles. The van der Waals surface area contributed by atoms with E-state index in [1.165, 1.54) is 10.5 Å². The van der Waals surface area contributed by atoms with Crippen molar-refractivity contribution in [2.45, 2.75) is 31.5 Å². The molecule has 0 bridgehead atoms. The fraction of sp³-hybridized carbons (Fsp3) is 0.364. The molecule has 1 N–H and O–H groups in total. The third-order valence-corrected chi connectivity index (χ3v) is 6.17. The number of hydrogen-bond acceptors (Lipinski definition) is 5. The summed E-state index contributed by atoms with van der Waals surface area (Å²) in [6.07, 6.45) is 1.49. The molecule has 0 aliphatic carbocycles. The van der Waals surface area contributed by atoms with Crippen LogP contribution in [0.4, 0.5) is 4.79 Å². The van der Waals surface area contributed by atoms with Crippen molar-refractivity contribution in [3.63, 3.8) is 0 Å². The van der Waals surface area contributed by atoms with Crippen molar-refractivity contribution < 1.29 is 19.1 Å². The number of likely N-dealkylation sites (tertiary alicyclic amines) is 1. The summed E-state index contributed by atoms with van der Waals surface area (Å²) in [6, 6.07) is 13.3. The molecule has 0 saturated carbocycles. The maximum Gasteiger partial charge on any atom is 0.325 e. The van der Waals surface area contributed by atoms with Gasteiger partial charge in [-0.05, 0) is 42.6 Å². The van der Waals surface area contributed by atoms with E-state index >= 15 is 0 Å². The van der Waals surface area contributed by atoms with Gasteiger partial charge in [-0.3, -0.25) is 14.6 Å². The molecule has 7 nitrogen and oxygen atoms in total. The number of nitrogens with zero attached hydrogens (tertiary/aromatic N) is 2. The van der Waals surface area contributed by atoms with E-state index in [1.54, 1.807) is 12.1 Å². The van der Waals surface area contributed by atoms with Gasteiger partial charge in [0.25, 0.3) is 5.91 Å². The van der Waals surface area contributed by atoms with Crippen LogP contribution in [0.5, 0.6) is 11.5 Å². The monoisotopic (exact) mass is 427 g/mol. The number of nitrogens with one attached hydrogen (secondary N) is 1. The summed E-state index contributed by atoms with van der Waals surface area (Å²) in [5.74, 6) is 0.850. The van der Waals surface area contributed by atoms with Crippen molar-refractivity contribution in [2.24, 2.45) is 0 Å². The standard InChI is InChI=1S/C22H22ClN3O4/c23-17-9-16(10-18-19(17)30-14-29-18)12-26-20(27)22(24-21(26)28)7-4-8-25(13-22)11-15-5-2-1-3-6-15/h1-3,5-6,9-10H,4,7-8,11-14H2,(H,24,28). The minimum Gasteiger partial charge on any atom is -0.454 e. The number of imide groups is 1. The van der Waals surface area contributed by atoms with Crippen LogP contribution in [0.1, 0.15) is 24.0 Å². The summed E-state index contributed by atoms with van der Waals surface area (Å²) < 4.78 is 10.7. The lowest BCUT2D eigenvalue weighted by Crippen LogP contribution is -2.58. The van der Waals surface area contributed by atoms with Gasteiger partial charge < -0.3 is 14.8 Å². The number of rotatable bonds is 4. The Hall–Kier alpha value is -2.77. The molecule has 3 aliphatic heterocycles. The molecule has 2 aromatic carbocycles. The molecular formula is C22H22ClN3O4. The van der Waals surface area contributed by atoms with E-state index in [0.717, 1.165) is 25.1 Å². The third kappa shape index (κ3) is 3.38.